The fraction of sp³-hybridized carbons (Fsp3) is 0.500. The monoisotopic (exact) mass is 279 g/mol. The molecule has 2 rings (SSSR count). The van der Waals surface area contributed by atoms with E-state index in [4.69, 9.17) is 11.6 Å². The Bertz CT molecular complexity index is 414. The van der Waals surface area contributed by atoms with Crippen LogP contribution in [0.3, 0.4) is 0 Å². The number of nitrogens with one attached hydrogen (secondary N) is 1. The molecule has 1 aliphatic heterocycles. The second-order valence-corrected chi connectivity index (χ2v) is 4.91. The maximum atomic E-state index is 12.6. The Kier molecular flexibility index (Phi) is 4.02. The molecule has 1 aromatic carbocycles. The molecule has 0 spiro atoms. The average Bonchev–Trinajstić information content (AvgIpc) is 2.79. The number of benzene rings is 1. The van der Waals surface area contributed by atoms with Crippen molar-refractivity contribution in [2.45, 2.75) is 25.1 Å². The molecule has 1 atom stereocenters. The van der Waals surface area contributed by atoms with Gasteiger partial charge in [-0.15, -0.1) is 0 Å². The van der Waals surface area contributed by atoms with Gasteiger partial charge in [0.1, 0.15) is 6.04 Å². The Morgan fingerprint density at radius 1 is 1.39 bits per heavy atom. The van der Waals surface area contributed by atoms with Crippen molar-refractivity contribution in [3.8, 4) is 0 Å². The molecule has 0 amide bonds. The molecule has 100 valence electrons. The third-order valence-electron chi connectivity index (χ3n) is 3.13. The highest BCUT2D eigenvalue weighted by Gasteiger charge is 2.31. The van der Waals surface area contributed by atoms with Gasteiger partial charge in [0, 0.05) is 12.8 Å². The minimum absolute atomic E-state index is 0.320. The number of anilines is 1. The van der Waals surface area contributed by atoms with Gasteiger partial charge in [0.2, 0.25) is 0 Å². The minimum atomic E-state index is -4.33. The van der Waals surface area contributed by atoms with E-state index in [9.17, 15) is 13.2 Å². The van der Waals surface area contributed by atoms with Gasteiger partial charge >= 0.3 is 6.18 Å². The number of rotatable bonds is 3. The Labute approximate surface area is 109 Å². The van der Waals surface area contributed by atoms with E-state index in [1.807, 2.05) is 0 Å². The van der Waals surface area contributed by atoms with Gasteiger partial charge < -0.3 is 10.6 Å². The van der Waals surface area contributed by atoms with Gasteiger partial charge in [0.25, 0.3) is 0 Å². The second-order valence-electron chi connectivity index (χ2n) is 4.50. The normalized spacial score (nSPS) is 20.1. The van der Waals surface area contributed by atoms with E-state index in [2.05, 4.69) is 10.6 Å². The largest absolute Gasteiger partial charge is 0.416 e. The van der Waals surface area contributed by atoms with E-state index in [0.717, 1.165) is 31.5 Å². The summed E-state index contributed by atoms with van der Waals surface area (Å²) in [5.74, 6) is 0. The lowest BCUT2D eigenvalue weighted by Gasteiger charge is -2.14. The van der Waals surface area contributed by atoms with Crippen LogP contribution in [0.4, 0.5) is 18.9 Å². The highest BCUT2D eigenvalue weighted by Crippen LogP contribution is 2.33. The van der Waals surface area contributed by atoms with Gasteiger partial charge in [-0.25, -0.2) is 0 Å². The maximum Gasteiger partial charge on any atom is 0.416 e. The third-order valence-corrected chi connectivity index (χ3v) is 3.46. The maximum absolute atomic E-state index is 12.6. The predicted octanol–water partition coefficient (Wildman–Crippen LogP) is 2.50. The number of alkyl halides is 3. The van der Waals surface area contributed by atoms with Crippen LogP contribution < -0.4 is 10.6 Å². The van der Waals surface area contributed by atoms with Crippen molar-refractivity contribution in [3.05, 3.63) is 28.8 Å². The van der Waals surface area contributed by atoms with Crippen molar-refractivity contribution < 1.29 is 18.5 Å². The first kappa shape index (κ1) is 13.5. The summed E-state index contributed by atoms with van der Waals surface area (Å²) in [7, 11) is 0. The van der Waals surface area contributed by atoms with E-state index in [1.54, 1.807) is 0 Å². The van der Waals surface area contributed by atoms with E-state index < -0.39 is 11.7 Å². The summed E-state index contributed by atoms with van der Waals surface area (Å²) in [6.45, 7) is 1.73. The van der Waals surface area contributed by atoms with Crippen molar-refractivity contribution in [1.29, 1.82) is 0 Å². The van der Waals surface area contributed by atoms with Gasteiger partial charge in [-0.2, -0.15) is 13.2 Å². The SMILES string of the molecule is FC(F)(F)c1ccc(Cl)c(NC[C@H]2CCC[NH2+]2)c1. The van der Waals surface area contributed by atoms with E-state index in [0.29, 0.717) is 23.3 Å². The first-order valence-corrected chi connectivity index (χ1v) is 6.28. The van der Waals surface area contributed by atoms with E-state index in [1.165, 1.54) is 6.07 Å². The molecule has 0 bridgehead atoms. The van der Waals surface area contributed by atoms with Crippen molar-refractivity contribution in [2.75, 3.05) is 18.4 Å². The van der Waals surface area contributed by atoms with Crippen LogP contribution in [0.5, 0.6) is 0 Å². The summed E-state index contributed by atoms with van der Waals surface area (Å²) < 4.78 is 37.7. The van der Waals surface area contributed by atoms with Crippen molar-refractivity contribution in [2.24, 2.45) is 0 Å². The predicted molar refractivity (Wildman–Crippen MR) is 64.8 cm³/mol. The highest BCUT2D eigenvalue weighted by molar-refractivity contribution is 6.33. The van der Waals surface area contributed by atoms with Gasteiger partial charge in [-0.1, -0.05) is 11.6 Å². The standard InChI is InChI=1S/C12H14ClF3N2/c13-10-4-3-8(12(14,15)16)6-11(10)18-7-9-2-1-5-17-9/h3-4,6,9,17-18H,1-2,5,7H2/p+1/t9-/m1/s1. The summed E-state index contributed by atoms with van der Waals surface area (Å²) in [6, 6.07) is 3.77. The van der Waals surface area contributed by atoms with Crippen LogP contribution in [-0.4, -0.2) is 19.1 Å². The Balaban J connectivity index is 2.06. The first-order chi connectivity index (χ1) is 8.47. The van der Waals surface area contributed by atoms with Crippen molar-refractivity contribution in [1.82, 2.24) is 0 Å². The molecular formula is C12H15ClF3N2+. The van der Waals surface area contributed by atoms with Crippen LogP contribution in [0.1, 0.15) is 18.4 Å². The lowest BCUT2D eigenvalue weighted by Crippen LogP contribution is -2.87. The minimum Gasteiger partial charge on any atom is -0.378 e. The molecule has 1 fully saturated rings. The zero-order chi connectivity index (χ0) is 13.2. The molecule has 1 aromatic rings. The van der Waals surface area contributed by atoms with E-state index >= 15 is 0 Å². The van der Waals surface area contributed by atoms with Gasteiger partial charge in [-0.3, -0.25) is 0 Å². The Morgan fingerprint density at radius 3 is 2.78 bits per heavy atom. The molecule has 1 saturated heterocycles. The molecule has 6 heteroatoms. The third kappa shape index (κ3) is 3.29. The zero-order valence-electron chi connectivity index (χ0n) is 9.73. The Hall–Kier alpha value is -0.940. The molecule has 0 aliphatic carbocycles. The topological polar surface area (TPSA) is 28.6 Å². The highest BCUT2D eigenvalue weighted by atomic mass is 35.5. The summed E-state index contributed by atoms with van der Waals surface area (Å²) in [4.78, 5) is 0. The van der Waals surface area contributed by atoms with Crippen molar-refractivity contribution in [3.63, 3.8) is 0 Å². The number of halogens is 4. The average molecular weight is 280 g/mol. The second kappa shape index (κ2) is 5.36. The van der Waals surface area contributed by atoms with Gasteiger partial charge in [-0.05, 0) is 18.2 Å². The zero-order valence-corrected chi connectivity index (χ0v) is 10.5. The molecule has 3 N–H and O–H groups in total. The first-order valence-electron chi connectivity index (χ1n) is 5.91. The summed E-state index contributed by atoms with van der Waals surface area (Å²) in [6.07, 6.45) is -2.09. The fourth-order valence-electron chi connectivity index (χ4n) is 2.11. The van der Waals surface area contributed by atoms with Gasteiger partial charge in [0.15, 0.2) is 0 Å². The molecule has 1 aliphatic rings. The van der Waals surface area contributed by atoms with Crippen LogP contribution >= 0.6 is 11.6 Å². The quantitative estimate of drug-likeness (QED) is 0.874. The molecule has 18 heavy (non-hydrogen) atoms. The summed E-state index contributed by atoms with van der Waals surface area (Å²) in [5, 5.41) is 5.53. The Morgan fingerprint density at radius 2 is 2.17 bits per heavy atom. The van der Waals surface area contributed by atoms with Gasteiger partial charge in [0.05, 0.1) is 29.4 Å². The molecule has 0 unspecified atom stereocenters. The van der Waals surface area contributed by atoms with Crippen LogP contribution in [0, 0.1) is 0 Å². The lowest BCUT2D eigenvalue weighted by atomic mass is 10.1. The molecule has 0 aromatic heterocycles. The number of quaternary nitrogens is 1. The molecule has 0 radical (unpaired) electrons. The van der Waals surface area contributed by atoms with Crippen LogP contribution in [0.25, 0.3) is 0 Å². The molecular weight excluding hydrogens is 265 g/mol. The molecule has 1 heterocycles. The number of hydrogen-bond donors (Lipinski definition) is 2. The summed E-state index contributed by atoms with van der Waals surface area (Å²) in [5.41, 5.74) is -0.323. The lowest BCUT2D eigenvalue weighted by molar-refractivity contribution is -0.666. The van der Waals surface area contributed by atoms with Crippen molar-refractivity contribution >= 4 is 17.3 Å². The molecule has 0 saturated carbocycles. The number of nitrogens with two attached hydrogens (primary N) is 1. The van der Waals surface area contributed by atoms with Crippen LogP contribution in [0.2, 0.25) is 5.02 Å². The van der Waals surface area contributed by atoms with Crippen LogP contribution in [-0.2, 0) is 6.18 Å². The van der Waals surface area contributed by atoms with E-state index in [-0.39, 0.29) is 0 Å². The smallest absolute Gasteiger partial charge is 0.378 e. The summed E-state index contributed by atoms with van der Waals surface area (Å²) >= 11 is 5.89. The van der Waals surface area contributed by atoms with Crippen LogP contribution in [0.15, 0.2) is 18.2 Å². The fourth-order valence-corrected chi connectivity index (χ4v) is 2.30. The number of hydrogen-bond acceptors (Lipinski definition) is 1. The molecule has 2 nitrogen and oxygen atoms in total.